The van der Waals surface area contributed by atoms with Gasteiger partial charge in [0.05, 0.1) is 12.2 Å². The first-order chi connectivity index (χ1) is 23.3. The van der Waals surface area contributed by atoms with Gasteiger partial charge in [0.2, 0.25) is 5.91 Å². The SMILES string of the molecule is CCOC(=O)c1ccc(O)c(-c2nn(C)cc2-c2ccc(NC(=O)[C@@H]3CCCCN3C(=O)[C@H](NC(=O)OC(C)(C)C)c3ccsc3)cc2)c1. The summed E-state index contributed by atoms with van der Waals surface area (Å²) in [5, 5.41) is 24.5. The molecule has 2 aromatic heterocycles. The fourth-order valence-corrected chi connectivity index (χ4v) is 6.40. The molecule has 12 nitrogen and oxygen atoms in total. The number of nitrogens with zero attached hydrogens (tertiary/aromatic N) is 3. The summed E-state index contributed by atoms with van der Waals surface area (Å²) in [5.41, 5.74) is 3.03. The van der Waals surface area contributed by atoms with E-state index in [1.54, 1.807) is 80.2 Å². The minimum Gasteiger partial charge on any atom is -0.507 e. The van der Waals surface area contributed by atoms with Crippen LogP contribution in [-0.4, -0.2) is 68.5 Å². The summed E-state index contributed by atoms with van der Waals surface area (Å²) in [6, 6.07) is 11.7. The lowest BCUT2D eigenvalue weighted by molar-refractivity contribution is -0.142. The zero-order valence-electron chi connectivity index (χ0n) is 28.2. The fraction of sp³-hybridized carbons (Fsp3) is 0.361. The zero-order valence-corrected chi connectivity index (χ0v) is 29.0. The van der Waals surface area contributed by atoms with Gasteiger partial charge >= 0.3 is 12.1 Å². The van der Waals surface area contributed by atoms with Crippen molar-refractivity contribution in [3.05, 3.63) is 76.6 Å². The molecular weight excluding hydrogens is 646 g/mol. The van der Waals surface area contributed by atoms with Gasteiger partial charge in [0, 0.05) is 36.6 Å². The van der Waals surface area contributed by atoms with Crippen molar-refractivity contribution in [3.63, 3.8) is 0 Å². The highest BCUT2D eigenvalue weighted by molar-refractivity contribution is 7.08. The maximum Gasteiger partial charge on any atom is 0.408 e. The van der Waals surface area contributed by atoms with Crippen molar-refractivity contribution in [2.45, 2.75) is 64.6 Å². The first kappa shape index (κ1) is 35.1. The third-order valence-corrected chi connectivity index (χ3v) is 8.63. The Morgan fingerprint density at radius 3 is 2.49 bits per heavy atom. The monoisotopic (exact) mass is 687 g/mol. The lowest BCUT2D eigenvalue weighted by atomic mass is 9.98. The molecule has 0 unspecified atom stereocenters. The standard InChI is InChI=1S/C36H41N5O7S/c1-6-47-34(45)23-12-15-29(42)26(19-23)31-27(20-40(5)39-31)22-10-13-25(14-11-22)37-32(43)28-9-7-8-17-41(28)33(44)30(24-16-18-49-21-24)38-35(46)48-36(2,3)4/h10-16,18-21,28,30,42H,6-9,17H2,1-5H3,(H,37,43)(H,38,46)/t28-,30+/m0/s1. The summed E-state index contributed by atoms with van der Waals surface area (Å²) in [6.07, 6.45) is 3.08. The predicted molar refractivity (Wildman–Crippen MR) is 186 cm³/mol. The summed E-state index contributed by atoms with van der Waals surface area (Å²) in [5.74, 6) is -1.24. The Balaban J connectivity index is 1.34. The molecule has 3 N–H and O–H groups in total. The van der Waals surface area contributed by atoms with Gasteiger partial charge in [0.25, 0.3) is 5.91 Å². The molecule has 5 rings (SSSR count). The number of ether oxygens (including phenoxy) is 2. The molecule has 4 aromatic rings. The smallest absolute Gasteiger partial charge is 0.408 e. The number of alkyl carbamates (subject to hydrolysis) is 1. The lowest BCUT2D eigenvalue weighted by Gasteiger charge is -2.37. The Morgan fingerprint density at radius 2 is 1.82 bits per heavy atom. The minimum atomic E-state index is -1.00. The van der Waals surface area contributed by atoms with Gasteiger partial charge in [-0.1, -0.05) is 12.1 Å². The number of carbonyl (C=O) groups is 4. The Bertz CT molecular complexity index is 1810. The molecule has 258 valence electrons. The maximum atomic E-state index is 14.0. The predicted octanol–water partition coefficient (Wildman–Crippen LogP) is 6.28. The van der Waals surface area contributed by atoms with E-state index in [1.807, 2.05) is 17.5 Å². The molecule has 0 aliphatic carbocycles. The number of benzene rings is 2. The van der Waals surface area contributed by atoms with Crippen LogP contribution in [0.25, 0.3) is 22.4 Å². The Labute approximate surface area is 289 Å². The molecule has 2 atom stereocenters. The number of nitrogens with one attached hydrogen (secondary N) is 2. The molecule has 3 heterocycles. The van der Waals surface area contributed by atoms with Gasteiger partial charge in [-0.2, -0.15) is 16.4 Å². The van der Waals surface area contributed by atoms with E-state index in [4.69, 9.17) is 9.47 Å². The van der Waals surface area contributed by atoms with E-state index in [1.165, 1.54) is 23.5 Å². The molecule has 1 fully saturated rings. The van der Waals surface area contributed by atoms with E-state index < -0.39 is 29.7 Å². The molecule has 0 bridgehead atoms. The van der Waals surface area contributed by atoms with Crippen LogP contribution in [0.2, 0.25) is 0 Å². The molecule has 0 spiro atoms. The van der Waals surface area contributed by atoms with Crippen LogP contribution in [0, 0.1) is 0 Å². The van der Waals surface area contributed by atoms with Crippen molar-refractivity contribution in [1.29, 1.82) is 0 Å². The number of aryl methyl sites for hydroxylation is 1. The number of hydrogen-bond acceptors (Lipinski definition) is 9. The summed E-state index contributed by atoms with van der Waals surface area (Å²) in [6.45, 7) is 7.57. The molecule has 13 heteroatoms. The molecule has 1 saturated heterocycles. The largest absolute Gasteiger partial charge is 0.507 e. The van der Waals surface area contributed by atoms with E-state index in [9.17, 15) is 24.3 Å². The Hall–Kier alpha value is -5.17. The van der Waals surface area contributed by atoms with Crippen molar-refractivity contribution < 1.29 is 33.8 Å². The van der Waals surface area contributed by atoms with E-state index in [0.717, 1.165) is 18.4 Å². The average molecular weight is 688 g/mol. The number of aromatic hydroxyl groups is 1. The van der Waals surface area contributed by atoms with Crippen molar-refractivity contribution in [3.8, 4) is 28.1 Å². The van der Waals surface area contributed by atoms with Gasteiger partial charge < -0.3 is 30.1 Å². The van der Waals surface area contributed by atoms with Crippen LogP contribution in [0.3, 0.4) is 0 Å². The van der Waals surface area contributed by atoms with Crippen LogP contribution in [0.4, 0.5) is 10.5 Å². The molecule has 0 saturated carbocycles. The number of phenolic OH excluding ortho intramolecular Hbond substituents is 1. The number of carbonyl (C=O) groups excluding carboxylic acids is 4. The van der Waals surface area contributed by atoms with Crippen molar-refractivity contribution in [1.82, 2.24) is 20.0 Å². The van der Waals surface area contributed by atoms with Crippen LogP contribution in [0.15, 0.2) is 65.5 Å². The first-order valence-corrected chi connectivity index (χ1v) is 17.1. The number of esters is 1. The summed E-state index contributed by atoms with van der Waals surface area (Å²) < 4.78 is 12.2. The molecule has 1 aliphatic heterocycles. The average Bonchev–Trinajstić information content (AvgIpc) is 3.73. The third kappa shape index (κ3) is 8.47. The summed E-state index contributed by atoms with van der Waals surface area (Å²) in [7, 11) is 1.76. The van der Waals surface area contributed by atoms with Gasteiger partial charge in [-0.25, -0.2) is 9.59 Å². The number of amides is 3. The second-order valence-electron chi connectivity index (χ2n) is 12.8. The van der Waals surface area contributed by atoms with Crippen LogP contribution in [0.1, 0.15) is 68.9 Å². The Kier molecular flexibility index (Phi) is 10.7. The van der Waals surface area contributed by atoms with Gasteiger partial charge in [-0.15, -0.1) is 0 Å². The number of rotatable bonds is 9. The molecule has 49 heavy (non-hydrogen) atoms. The van der Waals surface area contributed by atoms with Crippen LogP contribution in [-0.2, 0) is 26.1 Å². The van der Waals surface area contributed by atoms with Gasteiger partial charge in [-0.05, 0) is 105 Å². The van der Waals surface area contributed by atoms with Crippen molar-refractivity contribution in [2.75, 3.05) is 18.5 Å². The molecule has 0 radical (unpaired) electrons. The van der Waals surface area contributed by atoms with Crippen LogP contribution >= 0.6 is 11.3 Å². The van der Waals surface area contributed by atoms with Crippen LogP contribution < -0.4 is 10.6 Å². The van der Waals surface area contributed by atoms with Gasteiger partial charge in [-0.3, -0.25) is 14.3 Å². The highest BCUT2D eigenvalue weighted by Crippen LogP contribution is 2.37. The van der Waals surface area contributed by atoms with E-state index >= 15 is 0 Å². The van der Waals surface area contributed by atoms with Gasteiger partial charge in [0.1, 0.15) is 29.1 Å². The molecule has 3 amide bonds. The van der Waals surface area contributed by atoms with E-state index in [2.05, 4.69) is 15.7 Å². The number of anilines is 1. The summed E-state index contributed by atoms with van der Waals surface area (Å²) >= 11 is 1.41. The lowest BCUT2D eigenvalue weighted by Crippen LogP contribution is -2.53. The zero-order chi connectivity index (χ0) is 35.3. The highest BCUT2D eigenvalue weighted by Gasteiger charge is 2.37. The fourth-order valence-electron chi connectivity index (χ4n) is 5.71. The number of hydrogen-bond donors (Lipinski definition) is 3. The van der Waals surface area contributed by atoms with Crippen LogP contribution in [0.5, 0.6) is 5.75 Å². The number of aromatic nitrogens is 2. The van der Waals surface area contributed by atoms with Crippen molar-refractivity contribution in [2.24, 2.45) is 7.05 Å². The number of thiophene rings is 1. The normalized spacial score (nSPS) is 15.3. The third-order valence-electron chi connectivity index (χ3n) is 7.93. The maximum absolute atomic E-state index is 14.0. The van der Waals surface area contributed by atoms with Gasteiger partial charge in [0.15, 0.2) is 0 Å². The second kappa shape index (κ2) is 14.9. The topological polar surface area (TPSA) is 152 Å². The number of phenols is 1. The van der Waals surface area contributed by atoms with E-state index in [0.29, 0.717) is 46.6 Å². The Morgan fingerprint density at radius 1 is 1.06 bits per heavy atom. The second-order valence-corrected chi connectivity index (χ2v) is 13.5. The first-order valence-electron chi connectivity index (χ1n) is 16.1. The summed E-state index contributed by atoms with van der Waals surface area (Å²) in [4.78, 5) is 54.3. The number of likely N-dealkylation sites (tertiary alicyclic amines) is 1. The number of piperidine rings is 1. The quantitative estimate of drug-likeness (QED) is 0.174. The highest BCUT2D eigenvalue weighted by atomic mass is 32.1. The molecule has 2 aromatic carbocycles. The molecule has 1 aliphatic rings. The van der Waals surface area contributed by atoms with Crippen molar-refractivity contribution >= 4 is 40.9 Å². The molecular formula is C36H41N5O7S. The van der Waals surface area contributed by atoms with E-state index in [-0.39, 0.29) is 24.2 Å². The minimum absolute atomic E-state index is 0.0361.